The molecule has 0 spiro atoms. The number of carbonyl (C=O) groups excluding carboxylic acids is 2. The molecule has 0 aliphatic rings. The SMILES string of the molecule is C=C(C)C(=O)OC(C)OC(C)OC(=O)NCC. The van der Waals surface area contributed by atoms with Crippen molar-refractivity contribution < 1.29 is 23.8 Å². The highest BCUT2D eigenvalue weighted by molar-refractivity contribution is 5.86. The molecule has 6 nitrogen and oxygen atoms in total. The zero-order valence-corrected chi connectivity index (χ0v) is 10.6. The molecular weight excluding hydrogens is 226 g/mol. The second kappa shape index (κ2) is 7.67. The van der Waals surface area contributed by atoms with Crippen molar-refractivity contribution in [3.05, 3.63) is 12.2 Å². The van der Waals surface area contributed by atoms with Gasteiger partial charge < -0.3 is 19.5 Å². The second-order valence-electron chi connectivity index (χ2n) is 3.39. The number of nitrogens with one attached hydrogen (secondary N) is 1. The van der Waals surface area contributed by atoms with Gasteiger partial charge in [0.1, 0.15) is 0 Å². The van der Waals surface area contributed by atoms with Crippen molar-refractivity contribution in [1.29, 1.82) is 0 Å². The van der Waals surface area contributed by atoms with E-state index >= 15 is 0 Å². The number of hydrogen-bond donors (Lipinski definition) is 1. The van der Waals surface area contributed by atoms with Crippen molar-refractivity contribution in [3.63, 3.8) is 0 Å². The highest BCUT2D eigenvalue weighted by Gasteiger charge is 2.16. The van der Waals surface area contributed by atoms with Crippen LogP contribution < -0.4 is 5.32 Å². The van der Waals surface area contributed by atoms with Gasteiger partial charge in [0.2, 0.25) is 12.6 Å². The van der Waals surface area contributed by atoms with Crippen molar-refractivity contribution in [2.24, 2.45) is 0 Å². The van der Waals surface area contributed by atoms with Gasteiger partial charge in [0.15, 0.2) is 0 Å². The van der Waals surface area contributed by atoms with E-state index in [1.165, 1.54) is 20.8 Å². The standard InChI is InChI=1S/C11H19NO5/c1-6-12-11(14)17-9(5)15-8(4)16-10(13)7(2)3/h8-9H,2,6H2,1,3-5H3,(H,12,14). The Labute approximate surface area is 101 Å². The molecule has 0 rings (SSSR count). The van der Waals surface area contributed by atoms with Gasteiger partial charge in [0.25, 0.3) is 0 Å². The van der Waals surface area contributed by atoms with E-state index in [0.717, 1.165) is 0 Å². The van der Waals surface area contributed by atoms with Crippen molar-refractivity contribution in [2.45, 2.75) is 40.3 Å². The molecule has 0 fully saturated rings. The summed E-state index contributed by atoms with van der Waals surface area (Å²) in [6.07, 6.45) is -2.21. The maximum absolute atomic E-state index is 11.1. The van der Waals surface area contributed by atoms with Crippen LogP contribution >= 0.6 is 0 Å². The van der Waals surface area contributed by atoms with E-state index < -0.39 is 24.6 Å². The van der Waals surface area contributed by atoms with E-state index in [0.29, 0.717) is 6.54 Å². The van der Waals surface area contributed by atoms with Gasteiger partial charge in [-0.25, -0.2) is 9.59 Å². The maximum Gasteiger partial charge on any atom is 0.409 e. The highest BCUT2D eigenvalue weighted by Crippen LogP contribution is 2.04. The number of rotatable bonds is 6. The minimum atomic E-state index is -0.816. The largest absolute Gasteiger partial charge is 0.433 e. The average molecular weight is 245 g/mol. The summed E-state index contributed by atoms with van der Waals surface area (Å²) in [6, 6.07) is 0. The van der Waals surface area contributed by atoms with E-state index in [-0.39, 0.29) is 5.57 Å². The Kier molecular flexibility index (Phi) is 6.97. The number of esters is 1. The summed E-state index contributed by atoms with van der Waals surface area (Å²) in [5, 5.41) is 2.45. The molecule has 0 radical (unpaired) electrons. The first-order valence-corrected chi connectivity index (χ1v) is 5.33. The van der Waals surface area contributed by atoms with Crippen LogP contribution in [0.4, 0.5) is 4.79 Å². The van der Waals surface area contributed by atoms with Gasteiger partial charge in [-0.2, -0.15) is 0 Å². The number of carbonyl (C=O) groups is 2. The van der Waals surface area contributed by atoms with Crippen LogP contribution in [0.1, 0.15) is 27.7 Å². The Balaban J connectivity index is 3.95. The van der Waals surface area contributed by atoms with Crippen LogP contribution in [0.2, 0.25) is 0 Å². The lowest BCUT2D eigenvalue weighted by atomic mass is 10.4. The van der Waals surface area contributed by atoms with Crippen LogP contribution in [-0.4, -0.2) is 31.2 Å². The third-order valence-electron chi connectivity index (χ3n) is 1.60. The molecule has 98 valence electrons. The van der Waals surface area contributed by atoms with Crippen LogP contribution in [-0.2, 0) is 19.0 Å². The normalized spacial score (nSPS) is 13.4. The Morgan fingerprint density at radius 3 is 2.24 bits per heavy atom. The Hall–Kier alpha value is -1.56. The van der Waals surface area contributed by atoms with E-state index in [1.54, 1.807) is 6.92 Å². The van der Waals surface area contributed by atoms with Crippen LogP contribution in [0.5, 0.6) is 0 Å². The predicted octanol–water partition coefficient (Wildman–Crippen LogP) is 1.56. The molecule has 1 amide bonds. The van der Waals surface area contributed by atoms with Crippen molar-refractivity contribution in [1.82, 2.24) is 5.32 Å². The molecule has 17 heavy (non-hydrogen) atoms. The Bertz CT molecular complexity index is 290. The highest BCUT2D eigenvalue weighted by atomic mass is 16.8. The van der Waals surface area contributed by atoms with E-state index in [1.807, 2.05) is 0 Å². The minimum absolute atomic E-state index is 0.276. The Morgan fingerprint density at radius 1 is 1.24 bits per heavy atom. The first kappa shape index (κ1) is 15.4. The third-order valence-corrected chi connectivity index (χ3v) is 1.60. The summed E-state index contributed by atoms with van der Waals surface area (Å²) >= 11 is 0. The minimum Gasteiger partial charge on any atom is -0.433 e. The van der Waals surface area contributed by atoms with Crippen LogP contribution in [0.15, 0.2) is 12.2 Å². The second-order valence-corrected chi connectivity index (χ2v) is 3.39. The lowest BCUT2D eigenvalue weighted by Crippen LogP contribution is -2.31. The first-order chi connectivity index (χ1) is 7.86. The molecule has 6 heteroatoms. The van der Waals surface area contributed by atoms with Gasteiger partial charge >= 0.3 is 12.1 Å². The van der Waals surface area contributed by atoms with Gasteiger partial charge in [-0.3, -0.25) is 0 Å². The van der Waals surface area contributed by atoms with E-state index in [4.69, 9.17) is 14.2 Å². The molecule has 0 aromatic rings. The zero-order valence-electron chi connectivity index (χ0n) is 10.6. The van der Waals surface area contributed by atoms with Gasteiger partial charge in [-0.05, 0) is 27.7 Å². The fraction of sp³-hybridized carbons (Fsp3) is 0.636. The number of alkyl carbamates (subject to hydrolysis) is 1. The van der Waals surface area contributed by atoms with Crippen LogP contribution in [0.25, 0.3) is 0 Å². The molecule has 1 N–H and O–H groups in total. The molecule has 0 bridgehead atoms. The molecular formula is C11H19NO5. The van der Waals surface area contributed by atoms with Crippen molar-refractivity contribution in [2.75, 3.05) is 6.54 Å². The van der Waals surface area contributed by atoms with Gasteiger partial charge in [0, 0.05) is 12.1 Å². The molecule has 2 atom stereocenters. The molecule has 2 unspecified atom stereocenters. The van der Waals surface area contributed by atoms with Crippen molar-refractivity contribution >= 4 is 12.1 Å². The van der Waals surface area contributed by atoms with Crippen LogP contribution in [0, 0.1) is 0 Å². The number of ether oxygens (including phenoxy) is 3. The summed E-state index contributed by atoms with van der Waals surface area (Å²) in [6.45, 7) is 10.3. The quantitative estimate of drug-likeness (QED) is 0.436. The maximum atomic E-state index is 11.1. The fourth-order valence-electron chi connectivity index (χ4n) is 0.913. The number of hydrogen-bond acceptors (Lipinski definition) is 5. The topological polar surface area (TPSA) is 73.9 Å². The average Bonchev–Trinajstić information content (AvgIpc) is 2.16. The smallest absolute Gasteiger partial charge is 0.409 e. The fourth-order valence-corrected chi connectivity index (χ4v) is 0.913. The predicted molar refractivity (Wildman–Crippen MR) is 61.1 cm³/mol. The third kappa shape index (κ3) is 7.35. The summed E-state index contributed by atoms with van der Waals surface area (Å²) in [5.74, 6) is -0.553. The lowest BCUT2D eigenvalue weighted by molar-refractivity contribution is -0.211. The Morgan fingerprint density at radius 2 is 1.76 bits per heavy atom. The van der Waals surface area contributed by atoms with E-state index in [9.17, 15) is 9.59 Å². The first-order valence-electron chi connectivity index (χ1n) is 5.33. The molecule has 0 heterocycles. The molecule has 0 saturated heterocycles. The monoisotopic (exact) mass is 245 g/mol. The summed E-state index contributed by atoms with van der Waals surface area (Å²) in [5.41, 5.74) is 0.276. The molecule has 0 aliphatic carbocycles. The van der Waals surface area contributed by atoms with Gasteiger partial charge in [-0.15, -0.1) is 0 Å². The van der Waals surface area contributed by atoms with Gasteiger partial charge in [0.05, 0.1) is 0 Å². The van der Waals surface area contributed by atoms with Crippen LogP contribution in [0.3, 0.4) is 0 Å². The summed E-state index contributed by atoms with van der Waals surface area (Å²) < 4.78 is 14.8. The molecule has 0 aliphatic heterocycles. The summed E-state index contributed by atoms with van der Waals surface area (Å²) in [7, 11) is 0. The molecule has 0 aromatic heterocycles. The zero-order chi connectivity index (χ0) is 13.4. The molecule has 0 aromatic carbocycles. The lowest BCUT2D eigenvalue weighted by Gasteiger charge is -2.19. The molecule has 0 saturated carbocycles. The summed E-state index contributed by atoms with van der Waals surface area (Å²) in [4.78, 5) is 22.2. The van der Waals surface area contributed by atoms with Gasteiger partial charge in [-0.1, -0.05) is 6.58 Å². The van der Waals surface area contributed by atoms with E-state index in [2.05, 4.69) is 11.9 Å². The number of amides is 1. The van der Waals surface area contributed by atoms with Crippen molar-refractivity contribution in [3.8, 4) is 0 Å².